The fourth-order valence-electron chi connectivity index (χ4n) is 4.31. The second-order valence-electron chi connectivity index (χ2n) is 8.73. The van der Waals surface area contributed by atoms with E-state index in [-0.39, 0.29) is 0 Å². The average molecular weight is 344 g/mol. The molecule has 2 aliphatic rings. The first-order valence-corrected chi connectivity index (χ1v) is 10.2. The Morgan fingerprint density at radius 3 is 2.08 bits per heavy atom. The zero-order valence-corrected chi connectivity index (χ0v) is 17.0. The van der Waals surface area contributed by atoms with Crippen molar-refractivity contribution >= 4 is 0 Å². The zero-order valence-electron chi connectivity index (χ0n) is 17.0. The summed E-state index contributed by atoms with van der Waals surface area (Å²) < 4.78 is 0. The predicted molar refractivity (Wildman–Crippen MR) is 107 cm³/mol. The number of likely N-dealkylation sites (tertiary alicyclic amines) is 1. The molecule has 0 amide bonds. The number of nitrogens with zero attached hydrogens (tertiary/aromatic N) is 3. The van der Waals surface area contributed by atoms with Crippen molar-refractivity contribution in [3.63, 3.8) is 0 Å². The van der Waals surface area contributed by atoms with E-state index in [0.717, 1.165) is 19.0 Å². The van der Waals surface area contributed by atoms with Gasteiger partial charge in [-0.2, -0.15) is 0 Å². The van der Waals surface area contributed by atoms with Gasteiger partial charge in [0.1, 0.15) is 0 Å². The maximum Gasteiger partial charge on any atom is 0.0237 e. The Labute approximate surface area is 155 Å². The second kappa shape index (κ2) is 8.20. The quantitative estimate of drug-likeness (QED) is 0.826. The van der Waals surface area contributed by atoms with Crippen molar-refractivity contribution in [3.05, 3.63) is 34.4 Å². The number of benzene rings is 1. The highest BCUT2D eigenvalue weighted by Crippen LogP contribution is 2.24. The third kappa shape index (κ3) is 4.84. The smallest absolute Gasteiger partial charge is 0.0237 e. The summed E-state index contributed by atoms with van der Waals surface area (Å²) in [5.41, 5.74) is 6.03. The summed E-state index contributed by atoms with van der Waals surface area (Å²) in [5.74, 6) is 0.907. The molecule has 3 heteroatoms. The summed E-state index contributed by atoms with van der Waals surface area (Å²) in [7, 11) is 2.25. The largest absolute Gasteiger partial charge is 0.301 e. The van der Waals surface area contributed by atoms with Crippen LogP contribution in [0.5, 0.6) is 0 Å². The lowest BCUT2D eigenvalue weighted by molar-refractivity contribution is 0.0998. The molecule has 1 aromatic rings. The minimum Gasteiger partial charge on any atom is -0.301 e. The number of aryl methyl sites for hydroxylation is 1. The van der Waals surface area contributed by atoms with Crippen molar-refractivity contribution < 1.29 is 0 Å². The maximum atomic E-state index is 2.66. The topological polar surface area (TPSA) is 9.72 Å². The molecule has 140 valence electrons. The SMILES string of the molecule is Cc1cc(CN2CCC(C)CC2)c(C)c(CN2CCN(C)C(C)C2)c1. The molecule has 3 rings (SSSR count). The van der Waals surface area contributed by atoms with Crippen molar-refractivity contribution in [1.82, 2.24) is 14.7 Å². The number of hydrogen-bond acceptors (Lipinski definition) is 3. The summed E-state index contributed by atoms with van der Waals surface area (Å²) in [6, 6.07) is 5.50. The van der Waals surface area contributed by atoms with Crippen molar-refractivity contribution in [1.29, 1.82) is 0 Å². The Hall–Kier alpha value is -0.900. The van der Waals surface area contributed by atoms with Gasteiger partial charge in [0, 0.05) is 38.8 Å². The van der Waals surface area contributed by atoms with Crippen LogP contribution in [0, 0.1) is 19.8 Å². The summed E-state index contributed by atoms with van der Waals surface area (Å²) >= 11 is 0. The zero-order chi connectivity index (χ0) is 18.0. The molecular formula is C22H37N3. The Kier molecular flexibility index (Phi) is 6.19. The molecule has 3 nitrogen and oxygen atoms in total. The molecule has 1 aromatic carbocycles. The van der Waals surface area contributed by atoms with Gasteiger partial charge in [-0.3, -0.25) is 9.80 Å². The van der Waals surface area contributed by atoms with Gasteiger partial charge in [-0.1, -0.05) is 24.6 Å². The lowest BCUT2D eigenvalue weighted by atomic mass is 9.95. The minimum absolute atomic E-state index is 0.661. The van der Waals surface area contributed by atoms with E-state index in [1.165, 1.54) is 62.3 Å². The molecule has 0 N–H and O–H groups in total. The predicted octanol–water partition coefficient (Wildman–Crippen LogP) is 3.67. The monoisotopic (exact) mass is 343 g/mol. The van der Waals surface area contributed by atoms with Crippen LogP contribution >= 0.6 is 0 Å². The molecule has 25 heavy (non-hydrogen) atoms. The van der Waals surface area contributed by atoms with Crippen LogP contribution < -0.4 is 0 Å². The lowest BCUT2D eigenvalue weighted by Gasteiger charge is -2.38. The molecule has 2 fully saturated rings. The van der Waals surface area contributed by atoms with Crippen LogP contribution in [-0.4, -0.2) is 60.5 Å². The fourth-order valence-corrected chi connectivity index (χ4v) is 4.31. The summed E-state index contributed by atoms with van der Waals surface area (Å²) in [5, 5.41) is 0. The van der Waals surface area contributed by atoms with Gasteiger partial charge in [-0.05, 0) is 76.4 Å². The summed E-state index contributed by atoms with van der Waals surface area (Å²) in [6.45, 7) is 17.7. The number of likely N-dealkylation sites (N-methyl/N-ethyl adjacent to an activating group) is 1. The van der Waals surface area contributed by atoms with Crippen molar-refractivity contribution in [2.75, 3.05) is 39.8 Å². The van der Waals surface area contributed by atoms with E-state index in [0.29, 0.717) is 6.04 Å². The molecule has 0 saturated carbocycles. The van der Waals surface area contributed by atoms with E-state index in [9.17, 15) is 0 Å². The summed E-state index contributed by atoms with van der Waals surface area (Å²) in [4.78, 5) is 7.77. The standard InChI is InChI=1S/C22H37N3/c1-17-6-8-24(9-7-17)15-21-12-18(2)13-22(20(21)4)16-25-11-10-23(5)19(3)14-25/h12-13,17,19H,6-11,14-16H2,1-5H3. The van der Waals surface area contributed by atoms with E-state index >= 15 is 0 Å². The van der Waals surface area contributed by atoms with Crippen LogP contribution in [0.15, 0.2) is 12.1 Å². The molecular weight excluding hydrogens is 306 g/mol. The molecule has 1 unspecified atom stereocenters. The molecule has 0 aliphatic carbocycles. The molecule has 1 atom stereocenters. The van der Waals surface area contributed by atoms with Gasteiger partial charge >= 0.3 is 0 Å². The van der Waals surface area contributed by atoms with Gasteiger partial charge in [0.2, 0.25) is 0 Å². The second-order valence-corrected chi connectivity index (χ2v) is 8.73. The maximum absolute atomic E-state index is 2.66. The Morgan fingerprint density at radius 2 is 1.48 bits per heavy atom. The van der Waals surface area contributed by atoms with Crippen molar-refractivity contribution in [2.45, 2.75) is 59.7 Å². The van der Waals surface area contributed by atoms with Gasteiger partial charge in [0.25, 0.3) is 0 Å². The lowest BCUT2D eigenvalue weighted by Crippen LogP contribution is -2.49. The number of rotatable bonds is 4. The van der Waals surface area contributed by atoms with Crippen molar-refractivity contribution in [2.24, 2.45) is 5.92 Å². The molecule has 2 saturated heterocycles. The number of hydrogen-bond donors (Lipinski definition) is 0. The first-order valence-electron chi connectivity index (χ1n) is 10.2. The highest BCUT2D eigenvalue weighted by atomic mass is 15.3. The van der Waals surface area contributed by atoms with Gasteiger partial charge in [-0.15, -0.1) is 0 Å². The normalized spacial score (nSPS) is 24.8. The first-order chi connectivity index (χ1) is 11.9. The molecule has 0 radical (unpaired) electrons. The Balaban J connectivity index is 1.69. The van der Waals surface area contributed by atoms with E-state index in [4.69, 9.17) is 0 Å². The first kappa shape index (κ1) is 18.9. The van der Waals surface area contributed by atoms with Crippen LogP contribution in [0.25, 0.3) is 0 Å². The van der Waals surface area contributed by atoms with Gasteiger partial charge in [-0.25, -0.2) is 0 Å². The average Bonchev–Trinajstić information content (AvgIpc) is 2.57. The van der Waals surface area contributed by atoms with E-state index in [1.807, 2.05) is 0 Å². The number of piperazine rings is 1. The fraction of sp³-hybridized carbons (Fsp3) is 0.727. The van der Waals surface area contributed by atoms with E-state index in [2.05, 4.69) is 61.6 Å². The highest BCUT2D eigenvalue weighted by molar-refractivity contribution is 5.38. The Bertz CT molecular complexity index is 575. The molecule has 0 aromatic heterocycles. The minimum atomic E-state index is 0.661. The van der Waals surface area contributed by atoms with Crippen molar-refractivity contribution in [3.8, 4) is 0 Å². The van der Waals surface area contributed by atoms with Crippen LogP contribution in [0.3, 0.4) is 0 Å². The Morgan fingerprint density at radius 1 is 0.880 bits per heavy atom. The van der Waals surface area contributed by atoms with Crippen LogP contribution in [0.1, 0.15) is 48.9 Å². The van der Waals surface area contributed by atoms with Gasteiger partial charge in [0.05, 0.1) is 0 Å². The third-order valence-electron chi connectivity index (χ3n) is 6.48. The van der Waals surface area contributed by atoms with E-state index in [1.54, 1.807) is 5.56 Å². The third-order valence-corrected chi connectivity index (χ3v) is 6.48. The van der Waals surface area contributed by atoms with Gasteiger partial charge < -0.3 is 4.90 Å². The van der Waals surface area contributed by atoms with Crippen LogP contribution in [0.4, 0.5) is 0 Å². The van der Waals surface area contributed by atoms with Crippen LogP contribution in [0.2, 0.25) is 0 Å². The molecule has 0 spiro atoms. The highest BCUT2D eigenvalue weighted by Gasteiger charge is 2.22. The molecule has 2 aliphatic heterocycles. The van der Waals surface area contributed by atoms with E-state index < -0.39 is 0 Å². The molecule has 2 heterocycles. The van der Waals surface area contributed by atoms with Crippen LogP contribution in [-0.2, 0) is 13.1 Å². The summed E-state index contributed by atoms with van der Waals surface area (Å²) in [6.07, 6.45) is 2.72. The van der Waals surface area contributed by atoms with Gasteiger partial charge in [0.15, 0.2) is 0 Å². The number of piperidine rings is 1. The molecule has 0 bridgehead atoms.